The number of carbonyl (C=O) groups excluding carboxylic acids is 1. The predicted octanol–water partition coefficient (Wildman–Crippen LogP) is 1.23. The zero-order valence-corrected chi connectivity index (χ0v) is 14.7. The van der Waals surface area contributed by atoms with Crippen molar-refractivity contribution in [2.24, 2.45) is 0 Å². The number of ether oxygens (including phenoxy) is 1. The maximum atomic E-state index is 12.4. The fourth-order valence-corrected chi connectivity index (χ4v) is 3.50. The Balaban J connectivity index is 1.46. The number of nitrogens with zero attached hydrogens (tertiary/aromatic N) is 3. The Kier molecular flexibility index (Phi) is 5.58. The number of rotatable bonds is 4. The Morgan fingerprint density at radius 1 is 1.21 bits per heavy atom. The molecule has 0 aliphatic carbocycles. The Labute approximate surface area is 144 Å². The van der Waals surface area contributed by atoms with Gasteiger partial charge >= 0.3 is 6.03 Å². The Morgan fingerprint density at radius 2 is 1.96 bits per heavy atom. The molecule has 0 bridgehead atoms. The average Bonchev–Trinajstić information content (AvgIpc) is 3.01. The van der Waals surface area contributed by atoms with Gasteiger partial charge in [-0.05, 0) is 26.1 Å². The molecule has 6 nitrogen and oxygen atoms in total. The summed E-state index contributed by atoms with van der Waals surface area (Å²) < 4.78 is 5.42. The standard InChI is InChI=1S/C18H28N4O2/c1-20-8-7-16(14-20)19-18(23)22-11-9-21(10-12-22)13-15-5-3-4-6-17(15)24-2/h3-6,16H,7-14H2,1-2H3,(H,19,23). The lowest BCUT2D eigenvalue weighted by Gasteiger charge is -2.35. The lowest BCUT2D eigenvalue weighted by atomic mass is 10.1. The van der Waals surface area contributed by atoms with Crippen LogP contribution in [-0.4, -0.2) is 80.2 Å². The van der Waals surface area contributed by atoms with Gasteiger partial charge in [-0.2, -0.15) is 0 Å². The molecule has 2 heterocycles. The normalized spacial score (nSPS) is 22.6. The first-order valence-electron chi connectivity index (χ1n) is 8.74. The second-order valence-electron chi connectivity index (χ2n) is 6.77. The van der Waals surface area contributed by atoms with E-state index in [4.69, 9.17) is 4.74 Å². The minimum atomic E-state index is 0.0900. The highest BCUT2D eigenvalue weighted by molar-refractivity contribution is 5.74. The van der Waals surface area contributed by atoms with Crippen molar-refractivity contribution >= 4 is 6.03 Å². The molecule has 3 rings (SSSR count). The third-order valence-electron chi connectivity index (χ3n) is 4.96. The monoisotopic (exact) mass is 332 g/mol. The molecule has 24 heavy (non-hydrogen) atoms. The van der Waals surface area contributed by atoms with Gasteiger partial charge in [-0.3, -0.25) is 4.90 Å². The third-order valence-corrected chi connectivity index (χ3v) is 4.96. The highest BCUT2D eigenvalue weighted by atomic mass is 16.5. The van der Waals surface area contributed by atoms with Crippen molar-refractivity contribution in [1.29, 1.82) is 0 Å². The molecule has 2 amide bonds. The molecular formula is C18H28N4O2. The van der Waals surface area contributed by atoms with Crippen LogP contribution in [0.15, 0.2) is 24.3 Å². The summed E-state index contributed by atoms with van der Waals surface area (Å²) in [4.78, 5) is 19.0. The number of likely N-dealkylation sites (tertiary alicyclic amines) is 1. The molecule has 2 fully saturated rings. The van der Waals surface area contributed by atoms with Crippen molar-refractivity contribution in [3.05, 3.63) is 29.8 Å². The Morgan fingerprint density at radius 3 is 2.62 bits per heavy atom. The largest absolute Gasteiger partial charge is 0.496 e. The predicted molar refractivity (Wildman–Crippen MR) is 94.3 cm³/mol. The molecule has 0 spiro atoms. The van der Waals surface area contributed by atoms with Crippen LogP contribution in [0.3, 0.4) is 0 Å². The van der Waals surface area contributed by atoms with Gasteiger partial charge in [0.15, 0.2) is 0 Å². The molecule has 6 heteroatoms. The molecule has 1 N–H and O–H groups in total. The number of para-hydroxylation sites is 1. The van der Waals surface area contributed by atoms with Crippen LogP contribution in [-0.2, 0) is 6.54 Å². The minimum Gasteiger partial charge on any atom is -0.496 e. The summed E-state index contributed by atoms with van der Waals surface area (Å²) in [6.45, 7) is 6.25. The summed E-state index contributed by atoms with van der Waals surface area (Å²) in [7, 11) is 3.81. The number of carbonyl (C=O) groups is 1. The average molecular weight is 332 g/mol. The van der Waals surface area contributed by atoms with Gasteiger partial charge in [0.05, 0.1) is 7.11 Å². The highest BCUT2D eigenvalue weighted by Gasteiger charge is 2.26. The van der Waals surface area contributed by atoms with E-state index in [1.54, 1.807) is 7.11 Å². The SMILES string of the molecule is COc1ccccc1CN1CCN(C(=O)NC2CCN(C)C2)CC1. The van der Waals surface area contributed by atoms with Crippen LogP contribution < -0.4 is 10.1 Å². The van der Waals surface area contributed by atoms with E-state index in [0.717, 1.165) is 58.0 Å². The quantitative estimate of drug-likeness (QED) is 0.901. The molecule has 132 valence electrons. The van der Waals surface area contributed by atoms with Crippen LogP contribution in [0.25, 0.3) is 0 Å². The molecule has 1 aromatic carbocycles. The first kappa shape index (κ1) is 17.0. The fraction of sp³-hybridized carbons (Fsp3) is 0.611. The second kappa shape index (κ2) is 7.85. The van der Waals surface area contributed by atoms with E-state index in [9.17, 15) is 4.79 Å². The van der Waals surface area contributed by atoms with Crippen molar-refractivity contribution < 1.29 is 9.53 Å². The van der Waals surface area contributed by atoms with Crippen LogP contribution in [0.5, 0.6) is 5.75 Å². The van der Waals surface area contributed by atoms with Crippen LogP contribution in [0.4, 0.5) is 4.79 Å². The van der Waals surface area contributed by atoms with Gasteiger partial charge in [-0.15, -0.1) is 0 Å². The molecule has 1 unspecified atom stereocenters. The maximum absolute atomic E-state index is 12.4. The van der Waals surface area contributed by atoms with E-state index < -0.39 is 0 Å². The van der Waals surface area contributed by atoms with E-state index >= 15 is 0 Å². The maximum Gasteiger partial charge on any atom is 0.317 e. The fourth-order valence-electron chi connectivity index (χ4n) is 3.50. The minimum absolute atomic E-state index is 0.0900. The third kappa shape index (κ3) is 4.19. The van der Waals surface area contributed by atoms with Gasteiger partial charge in [-0.25, -0.2) is 4.79 Å². The van der Waals surface area contributed by atoms with E-state index in [0.29, 0.717) is 6.04 Å². The number of benzene rings is 1. The smallest absolute Gasteiger partial charge is 0.317 e. The van der Waals surface area contributed by atoms with Crippen molar-refractivity contribution in [2.75, 3.05) is 53.4 Å². The Bertz CT molecular complexity index is 558. The van der Waals surface area contributed by atoms with Crippen LogP contribution in [0.2, 0.25) is 0 Å². The zero-order chi connectivity index (χ0) is 16.9. The van der Waals surface area contributed by atoms with E-state index in [2.05, 4.69) is 28.2 Å². The lowest BCUT2D eigenvalue weighted by molar-refractivity contribution is 0.132. The summed E-state index contributed by atoms with van der Waals surface area (Å²) in [5, 5.41) is 3.17. The zero-order valence-electron chi connectivity index (χ0n) is 14.7. The Hall–Kier alpha value is -1.79. The molecule has 2 aliphatic heterocycles. The number of hydrogen-bond donors (Lipinski definition) is 1. The molecule has 0 saturated carbocycles. The number of amides is 2. The van der Waals surface area contributed by atoms with Crippen molar-refractivity contribution in [3.8, 4) is 5.75 Å². The molecule has 0 radical (unpaired) electrons. The number of likely N-dealkylation sites (N-methyl/N-ethyl adjacent to an activating group) is 1. The first-order chi connectivity index (χ1) is 11.7. The molecule has 2 saturated heterocycles. The summed E-state index contributed by atoms with van der Waals surface area (Å²) >= 11 is 0. The summed E-state index contributed by atoms with van der Waals surface area (Å²) in [6, 6.07) is 8.53. The van der Waals surface area contributed by atoms with Gasteiger partial charge in [0.25, 0.3) is 0 Å². The van der Waals surface area contributed by atoms with Crippen molar-refractivity contribution in [2.45, 2.75) is 19.0 Å². The van der Waals surface area contributed by atoms with Gasteiger partial charge in [0.2, 0.25) is 0 Å². The summed E-state index contributed by atoms with van der Waals surface area (Å²) in [6.07, 6.45) is 1.05. The number of hydrogen-bond acceptors (Lipinski definition) is 4. The van der Waals surface area contributed by atoms with Gasteiger partial charge in [0.1, 0.15) is 5.75 Å². The molecule has 1 aromatic rings. The van der Waals surface area contributed by atoms with Gasteiger partial charge in [0, 0.05) is 50.9 Å². The topological polar surface area (TPSA) is 48.1 Å². The first-order valence-corrected chi connectivity index (χ1v) is 8.74. The van der Waals surface area contributed by atoms with Crippen LogP contribution in [0.1, 0.15) is 12.0 Å². The molecular weight excluding hydrogens is 304 g/mol. The summed E-state index contributed by atoms with van der Waals surface area (Å²) in [5.41, 5.74) is 1.20. The summed E-state index contributed by atoms with van der Waals surface area (Å²) in [5.74, 6) is 0.933. The van der Waals surface area contributed by atoms with Crippen LogP contribution in [0, 0.1) is 0 Å². The van der Waals surface area contributed by atoms with Crippen LogP contribution >= 0.6 is 0 Å². The van der Waals surface area contributed by atoms with E-state index in [-0.39, 0.29) is 6.03 Å². The molecule has 1 atom stereocenters. The van der Waals surface area contributed by atoms with E-state index in [1.165, 1.54) is 5.56 Å². The van der Waals surface area contributed by atoms with Crippen molar-refractivity contribution in [3.63, 3.8) is 0 Å². The van der Waals surface area contributed by atoms with Crippen molar-refractivity contribution in [1.82, 2.24) is 20.0 Å². The van der Waals surface area contributed by atoms with E-state index in [1.807, 2.05) is 23.1 Å². The number of urea groups is 1. The molecule has 2 aliphatic rings. The molecule has 0 aromatic heterocycles. The number of piperazine rings is 1. The number of methoxy groups -OCH3 is 1. The van der Waals surface area contributed by atoms with Gasteiger partial charge < -0.3 is 19.9 Å². The lowest BCUT2D eigenvalue weighted by Crippen LogP contribution is -2.53. The second-order valence-corrected chi connectivity index (χ2v) is 6.77. The number of nitrogens with one attached hydrogen (secondary N) is 1. The highest BCUT2D eigenvalue weighted by Crippen LogP contribution is 2.20. The van der Waals surface area contributed by atoms with Gasteiger partial charge in [-0.1, -0.05) is 18.2 Å².